The lowest BCUT2D eigenvalue weighted by Gasteiger charge is -2.14. The van der Waals surface area contributed by atoms with Gasteiger partial charge in [-0.15, -0.1) is 0 Å². The van der Waals surface area contributed by atoms with Gasteiger partial charge in [0.2, 0.25) is 0 Å². The first-order chi connectivity index (χ1) is 10.6. The maximum atomic E-state index is 12.3. The molecule has 112 valence electrons. The Balaban J connectivity index is 1.81. The van der Waals surface area contributed by atoms with Crippen molar-refractivity contribution in [2.45, 2.75) is 18.9 Å². The number of carbonyl (C=O) groups excluding carboxylic acids is 1. The van der Waals surface area contributed by atoms with Crippen molar-refractivity contribution >= 4 is 23.2 Å². The van der Waals surface area contributed by atoms with Crippen LogP contribution < -0.4 is 5.32 Å². The van der Waals surface area contributed by atoms with Crippen LogP contribution in [0.2, 0.25) is 5.02 Å². The van der Waals surface area contributed by atoms with Crippen LogP contribution in [0.25, 0.3) is 0 Å². The van der Waals surface area contributed by atoms with Crippen molar-refractivity contribution in [3.8, 4) is 0 Å². The highest BCUT2D eigenvalue weighted by atomic mass is 35.5. The van der Waals surface area contributed by atoms with Gasteiger partial charge in [0.1, 0.15) is 0 Å². The third-order valence-electron chi connectivity index (χ3n) is 3.84. The topological polar surface area (TPSA) is 72.2 Å². The molecule has 2 aromatic rings. The summed E-state index contributed by atoms with van der Waals surface area (Å²) in [5.74, 6) is -0.234. The van der Waals surface area contributed by atoms with E-state index < -0.39 is 4.92 Å². The molecule has 0 fully saturated rings. The Morgan fingerprint density at radius 1 is 1.27 bits per heavy atom. The Kier molecular flexibility index (Phi) is 3.81. The van der Waals surface area contributed by atoms with E-state index in [-0.39, 0.29) is 17.6 Å². The number of hydrogen-bond donors (Lipinski definition) is 1. The molecule has 1 unspecified atom stereocenters. The van der Waals surface area contributed by atoms with Crippen LogP contribution in [0, 0.1) is 10.1 Å². The van der Waals surface area contributed by atoms with Crippen LogP contribution in [0.15, 0.2) is 42.5 Å². The summed E-state index contributed by atoms with van der Waals surface area (Å²) in [4.78, 5) is 22.7. The summed E-state index contributed by atoms with van der Waals surface area (Å²) in [6, 6.07) is 11.5. The summed E-state index contributed by atoms with van der Waals surface area (Å²) in [5.41, 5.74) is 2.36. The van der Waals surface area contributed by atoms with E-state index in [1.807, 2.05) is 0 Å². The fourth-order valence-electron chi connectivity index (χ4n) is 2.75. The van der Waals surface area contributed by atoms with E-state index in [0.717, 1.165) is 17.5 Å². The Morgan fingerprint density at radius 2 is 2.05 bits per heavy atom. The molecule has 1 atom stereocenters. The lowest BCUT2D eigenvalue weighted by Crippen LogP contribution is -2.27. The first-order valence-corrected chi connectivity index (χ1v) is 7.26. The monoisotopic (exact) mass is 316 g/mol. The number of nitrogens with zero attached hydrogens (tertiary/aromatic N) is 1. The van der Waals surface area contributed by atoms with Crippen molar-refractivity contribution in [2.75, 3.05) is 0 Å². The predicted molar refractivity (Wildman–Crippen MR) is 83.1 cm³/mol. The van der Waals surface area contributed by atoms with Crippen LogP contribution in [-0.2, 0) is 6.42 Å². The first kappa shape index (κ1) is 14.5. The van der Waals surface area contributed by atoms with Crippen molar-refractivity contribution in [1.82, 2.24) is 5.32 Å². The highest BCUT2D eigenvalue weighted by Crippen LogP contribution is 2.33. The molecule has 1 aliphatic rings. The van der Waals surface area contributed by atoms with Gasteiger partial charge in [-0.2, -0.15) is 0 Å². The van der Waals surface area contributed by atoms with Gasteiger partial charge in [0.15, 0.2) is 0 Å². The zero-order valence-electron chi connectivity index (χ0n) is 11.6. The summed E-state index contributed by atoms with van der Waals surface area (Å²) in [6.45, 7) is 0. The SMILES string of the molecule is O=C(NC1CCc2cc([N+](=O)[O-])ccc21)c1ccccc1Cl. The van der Waals surface area contributed by atoms with Crippen LogP contribution in [0.5, 0.6) is 0 Å². The van der Waals surface area contributed by atoms with E-state index in [1.165, 1.54) is 6.07 Å². The molecule has 1 aliphatic carbocycles. The average Bonchev–Trinajstić information content (AvgIpc) is 2.90. The van der Waals surface area contributed by atoms with E-state index in [9.17, 15) is 14.9 Å². The molecule has 3 rings (SSSR count). The number of nitro groups is 1. The summed E-state index contributed by atoms with van der Waals surface area (Å²) in [6.07, 6.45) is 1.44. The van der Waals surface area contributed by atoms with Crippen molar-refractivity contribution in [2.24, 2.45) is 0 Å². The van der Waals surface area contributed by atoms with Gasteiger partial charge in [0.25, 0.3) is 11.6 Å². The van der Waals surface area contributed by atoms with Crippen LogP contribution in [0.3, 0.4) is 0 Å². The average molecular weight is 317 g/mol. The summed E-state index contributed by atoms with van der Waals surface area (Å²) >= 11 is 6.02. The normalized spacial score (nSPS) is 16.1. The lowest BCUT2D eigenvalue weighted by molar-refractivity contribution is -0.384. The van der Waals surface area contributed by atoms with Crippen molar-refractivity contribution < 1.29 is 9.72 Å². The molecule has 0 heterocycles. The van der Waals surface area contributed by atoms with Gasteiger partial charge in [-0.05, 0) is 42.2 Å². The third kappa shape index (κ3) is 2.67. The number of nitrogens with one attached hydrogen (secondary N) is 1. The van der Waals surface area contributed by atoms with E-state index in [2.05, 4.69) is 5.32 Å². The quantitative estimate of drug-likeness (QED) is 0.693. The van der Waals surface area contributed by atoms with Gasteiger partial charge in [-0.3, -0.25) is 14.9 Å². The van der Waals surface area contributed by atoms with Crippen LogP contribution >= 0.6 is 11.6 Å². The number of halogens is 1. The van der Waals surface area contributed by atoms with Crippen molar-refractivity contribution in [3.63, 3.8) is 0 Å². The van der Waals surface area contributed by atoms with Crippen LogP contribution in [-0.4, -0.2) is 10.8 Å². The molecular weight excluding hydrogens is 304 g/mol. The predicted octanol–water partition coefficient (Wildman–Crippen LogP) is 3.67. The molecule has 0 saturated carbocycles. The van der Waals surface area contributed by atoms with Gasteiger partial charge in [0.05, 0.1) is 21.6 Å². The summed E-state index contributed by atoms with van der Waals surface area (Å²) in [7, 11) is 0. The molecule has 22 heavy (non-hydrogen) atoms. The number of benzene rings is 2. The van der Waals surface area contributed by atoms with E-state index in [4.69, 9.17) is 11.6 Å². The van der Waals surface area contributed by atoms with Crippen LogP contribution in [0.4, 0.5) is 5.69 Å². The Hall–Kier alpha value is -2.40. The largest absolute Gasteiger partial charge is 0.345 e. The highest BCUT2D eigenvalue weighted by Gasteiger charge is 2.26. The van der Waals surface area contributed by atoms with Gasteiger partial charge < -0.3 is 5.32 Å². The maximum absolute atomic E-state index is 12.3. The molecule has 0 aromatic heterocycles. The minimum absolute atomic E-state index is 0.0804. The number of aryl methyl sites for hydroxylation is 1. The van der Waals surface area contributed by atoms with E-state index >= 15 is 0 Å². The number of hydrogen-bond acceptors (Lipinski definition) is 3. The molecule has 0 saturated heterocycles. The molecule has 0 spiro atoms. The van der Waals surface area contributed by atoms with Gasteiger partial charge >= 0.3 is 0 Å². The number of rotatable bonds is 3. The van der Waals surface area contributed by atoms with Gasteiger partial charge in [-0.25, -0.2) is 0 Å². The van der Waals surface area contributed by atoms with Gasteiger partial charge in [0, 0.05) is 12.1 Å². The molecule has 0 bridgehead atoms. The molecular formula is C16H13ClN2O3. The Labute approximate surface area is 132 Å². The molecule has 5 nitrogen and oxygen atoms in total. The second-order valence-corrected chi connectivity index (χ2v) is 5.59. The smallest absolute Gasteiger partial charge is 0.269 e. The van der Waals surface area contributed by atoms with E-state index in [1.54, 1.807) is 36.4 Å². The number of amides is 1. The van der Waals surface area contributed by atoms with Crippen LogP contribution in [0.1, 0.15) is 33.9 Å². The number of fused-ring (bicyclic) bond motifs is 1. The highest BCUT2D eigenvalue weighted by molar-refractivity contribution is 6.33. The van der Waals surface area contributed by atoms with Crippen molar-refractivity contribution in [1.29, 1.82) is 0 Å². The van der Waals surface area contributed by atoms with Gasteiger partial charge in [-0.1, -0.05) is 23.7 Å². The molecule has 6 heteroatoms. The second kappa shape index (κ2) is 5.77. The Morgan fingerprint density at radius 3 is 2.77 bits per heavy atom. The zero-order chi connectivity index (χ0) is 15.7. The number of carbonyl (C=O) groups is 1. The standard InChI is InChI=1S/C16H13ClN2O3/c17-14-4-2-1-3-13(14)16(20)18-15-8-5-10-9-11(19(21)22)6-7-12(10)15/h1-4,6-7,9,15H,5,8H2,(H,18,20). The molecule has 1 amide bonds. The molecule has 0 aliphatic heterocycles. The van der Waals surface area contributed by atoms with E-state index in [0.29, 0.717) is 17.0 Å². The molecule has 1 N–H and O–H groups in total. The maximum Gasteiger partial charge on any atom is 0.269 e. The molecule has 0 radical (unpaired) electrons. The molecule has 2 aromatic carbocycles. The zero-order valence-corrected chi connectivity index (χ0v) is 12.3. The number of nitro benzene ring substituents is 1. The fourth-order valence-corrected chi connectivity index (χ4v) is 2.97. The first-order valence-electron chi connectivity index (χ1n) is 6.89. The summed E-state index contributed by atoms with van der Waals surface area (Å²) < 4.78 is 0. The minimum Gasteiger partial charge on any atom is -0.345 e. The summed E-state index contributed by atoms with van der Waals surface area (Å²) in [5, 5.41) is 14.2. The minimum atomic E-state index is -0.407. The number of non-ortho nitro benzene ring substituents is 1. The van der Waals surface area contributed by atoms with Crippen molar-refractivity contribution in [3.05, 3.63) is 74.3 Å². The lowest BCUT2D eigenvalue weighted by atomic mass is 10.1. The fraction of sp³-hybridized carbons (Fsp3) is 0.188. The third-order valence-corrected chi connectivity index (χ3v) is 4.17. The second-order valence-electron chi connectivity index (χ2n) is 5.18. The Bertz CT molecular complexity index is 761.